The second kappa shape index (κ2) is 6.96. The van der Waals surface area contributed by atoms with Crippen LogP contribution in [-0.4, -0.2) is 45.6 Å². The minimum Gasteiger partial charge on any atom is -0.363 e. The Kier molecular flexibility index (Phi) is 4.55. The van der Waals surface area contributed by atoms with Crippen molar-refractivity contribution in [2.45, 2.75) is 44.2 Å². The van der Waals surface area contributed by atoms with E-state index in [0.717, 1.165) is 36.5 Å². The number of fused-ring (bicyclic) bond motifs is 1. The molecular formula is C17H20N4O2S. The number of hydrogen-bond donors (Lipinski definition) is 1. The summed E-state index contributed by atoms with van der Waals surface area (Å²) >= 11 is 1.68. The van der Waals surface area contributed by atoms with Crippen molar-refractivity contribution in [2.24, 2.45) is 0 Å². The molecule has 2 saturated heterocycles. The fourth-order valence-electron chi connectivity index (χ4n) is 3.51. The molecule has 0 aromatic carbocycles. The molecule has 4 heterocycles. The molecule has 0 saturated carbocycles. The first-order valence-corrected chi connectivity index (χ1v) is 9.12. The zero-order chi connectivity index (χ0) is 16.4. The highest BCUT2D eigenvalue weighted by atomic mass is 32.1. The summed E-state index contributed by atoms with van der Waals surface area (Å²) in [6, 6.07) is 4.14. The Bertz CT molecular complexity index is 679. The number of rotatable bonds is 5. The first-order chi connectivity index (χ1) is 11.8. The summed E-state index contributed by atoms with van der Waals surface area (Å²) in [4.78, 5) is 23.2. The number of nitrogens with one attached hydrogen (secondary N) is 1. The normalized spacial score (nSPS) is 26.4. The van der Waals surface area contributed by atoms with Crippen LogP contribution in [0.3, 0.4) is 0 Å². The highest BCUT2D eigenvalue weighted by Gasteiger charge is 2.45. The Morgan fingerprint density at radius 3 is 3.21 bits per heavy atom. The Balaban J connectivity index is 1.31. The van der Waals surface area contributed by atoms with E-state index in [1.54, 1.807) is 23.7 Å². The zero-order valence-electron chi connectivity index (χ0n) is 13.3. The zero-order valence-corrected chi connectivity index (χ0v) is 14.1. The maximum atomic E-state index is 12.4. The number of pyridine rings is 1. The van der Waals surface area contributed by atoms with E-state index in [1.165, 1.54) is 0 Å². The van der Waals surface area contributed by atoms with Crippen LogP contribution in [0.15, 0.2) is 36.1 Å². The van der Waals surface area contributed by atoms with Crippen LogP contribution in [0.2, 0.25) is 0 Å². The second-order valence-electron chi connectivity index (χ2n) is 6.23. The number of carbonyl (C=O) groups excluding carboxylic acids is 1. The number of amides is 1. The average Bonchev–Trinajstić information content (AvgIpc) is 3.32. The molecule has 3 atom stereocenters. The molecule has 2 aliphatic rings. The van der Waals surface area contributed by atoms with Crippen LogP contribution in [0.5, 0.6) is 0 Å². The molecule has 0 spiro atoms. The van der Waals surface area contributed by atoms with Gasteiger partial charge in [0.1, 0.15) is 11.1 Å². The molecule has 24 heavy (non-hydrogen) atoms. The minimum atomic E-state index is -0.351. The van der Waals surface area contributed by atoms with Gasteiger partial charge in [0.25, 0.3) is 0 Å². The molecule has 2 fully saturated rings. The molecule has 126 valence electrons. The van der Waals surface area contributed by atoms with Gasteiger partial charge in [-0.25, -0.2) is 4.98 Å². The molecule has 0 unspecified atom stereocenters. The van der Waals surface area contributed by atoms with Crippen molar-refractivity contribution in [1.82, 2.24) is 20.2 Å². The van der Waals surface area contributed by atoms with E-state index in [4.69, 9.17) is 4.74 Å². The van der Waals surface area contributed by atoms with Crippen LogP contribution in [0.1, 0.15) is 23.4 Å². The van der Waals surface area contributed by atoms with Crippen molar-refractivity contribution in [2.75, 3.05) is 6.54 Å². The molecule has 0 aliphatic carbocycles. The van der Waals surface area contributed by atoms with Gasteiger partial charge in [0.05, 0.1) is 12.6 Å². The van der Waals surface area contributed by atoms with Gasteiger partial charge >= 0.3 is 0 Å². The van der Waals surface area contributed by atoms with E-state index < -0.39 is 0 Å². The lowest BCUT2D eigenvalue weighted by molar-refractivity contribution is -0.132. The Morgan fingerprint density at radius 2 is 2.42 bits per heavy atom. The van der Waals surface area contributed by atoms with Crippen molar-refractivity contribution in [3.63, 3.8) is 0 Å². The molecular weight excluding hydrogens is 324 g/mol. The van der Waals surface area contributed by atoms with Crippen LogP contribution in [0, 0.1) is 0 Å². The summed E-state index contributed by atoms with van der Waals surface area (Å²) in [5.41, 5.74) is 0.995. The van der Waals surface area contributed by atoms with Crippen LogP contribution < -0.4 is 5.32 Å². The van der Waals surface area contributed by atoms with Crippen molar-refractivity contribution < 1.29 is 9.53 Å². The predicted octanol–water partition coefficient (Wildman–Crippen LogP) is 1.59. The molecule has 1 N–H and O–H groups in total. The van der Waals surface area contributed by atoms with Gasteiger partial charge in [-0.2, -0.15) is 0 Å². The number of thiazole rings is 1. The van der Waals surface area contributed by atoms with E-state index in [0.29, 0.717) is 12.6 Å². The van der Waals surface area contributed by atoms with E-state index >= 15 is 0 Å². The van der Waals surface area contributed by atoms with Gasteiger partial charge in [-0.15, -0.1) is 11.3 Å². The van der Waals surface area contributed by atoms with Crippen LogP contribution in [0.4, 0.5) is 0 Å². The molecule has 6 nitrogen and oxygen atoms in total. The Hall–Kier alpha value is -1.83. The summed E-state index contributed by atoms with van der Waals surface area (Å²) < 4.78 is 6.00. The predicted molar refractivity (Wildman–Crippen MR) is 90.3 cm³/mol. The molecule has 2 aliphatic heterocycles. The highest BCUT2D eigenvalue weighted by Crippen LogP contribution is 2.34. The van der Waals surface area contributed by atoms with Crippen molar-refractivity contribution >= 4 is 17.2 Å². The SMILES string of the molecule is O=C(NCc1cccnc1)[C@@H]1C[C@@H]2[C@@H](CCN2Cc2nccs2)O1. The topological polar surface area (TPSA) is 67.4 Å². The monoisotopic (exact) mass is 344 g/mol. The maximum Gasteiger partial charge on any atom is 0.249 e. The average molecular weight is 344 g/mol. The van der Waals surface area contributed by atoms with Gasteiger partial charge < -0.3 is 10.1 Å². The smallest absolute Gasteiger partial charge is 0.249 e. The third-order valence-electron chi connectivity index (χ3n) is 4.70. The van der Waals surface area contributed by atoms with Crippen LogP contribution in [-0.2, 0) is 22.6 Å². The number of aromatic nitrogens is 2. The van der Waals surface area contributed by atoms with Gasteiger partial charge in [-0.1, -0.05) is 6.07 Å². The maximum absolute atomic E-state index is 12.4. The lowest BCUT2D eigenvalue weighted by Gasteiger charge is -2.21. The lowest BCUT2D eigenvalue weighted by Crippen LogP contribution is -2.36. The third kappa shape index (κ3) is 3.33. The van der Waals surface area contributed by atoms with E-state index in [1.807, 2.05) is 23.7 Å². The molecule has 7 heteroatoms. The number of hydrogen-bond acceptors (Lipinski definition) is 6. The van der Waals surface area contributed by atoms with Crippen molar-refractivity contribution in [3.05, 3.63) is 46.7 Å². The number of nitrogens with zero attached hydrogens (tertiary/aromatic N) is 3. The van der Waals surface area contributed by atoms with Gasteiger partial charge in [0.15, 0.2) is 0 Å². The third-order valence-corrected chi connectivity index (χ3v) is 5.46. The summed E-state index contributed by atoms with van der Waals surface area (Å²) in [5, 5.41) is 6.09. The van der Waals surface area contributed by atoms with Crippen LogP contribution in [0.25, 0.3) is 0 Å². The van der Waals surface area contributed by atoms with Gasteiger partial charge in [0, 0.05) is 49.5 Å². The Morgan fingerprint density at radius 1 is 1.46 bits per heavy atom. The second-order valence-corrected chi connectivity index (χ2v) is 7.21. The largest absolute Gasteiger partial charge is 0.363 e. The minimum absolute atomic E-state index is 0.0255. The lowest BCUT2D eigenvalue weighted by atomic mass is 10.1. The van der Waals surface area contributed by atoms with Crippen LogP contribution >= 0.6 is 11.3 Å². The van der Waals surface area contributed by atoms with Gasteiger partial charge in [0.2, 0.25) is 5.91 Å². The molecule has 4 rings (SSSR count). The molecule has 0 radical (unpaired) electrons. The van der Waals surface area contributed by atoms with Gasteiger partial charge in [-0.3, -0.25) is 14.7 Å². The molecule has 2 aromatic rings. The highest BCUT2D eigenvalue weighted by molar-refractivity contribution is 7.09. The fraction of sp³-hybridized carbons (Fsp3) is 0.471. The Labute approximate surface area is 144 Å². The standard InChI is InChI=1S/C17H20N4O2S/c22-17(20-10-12-2-1-4-18-9-12)15-8-13-14(23-15)3-6-21(13)11-16-19-5-7-24-16/h1-2,4-5,7,9,13-15H,3,6,8,10-11H2,(H,20,22)/t13-,14-,15+/m1/s1. The number of carbonyl (C=O) groups is 1. The van der Waals surface area contributed by atoms with E-state index in [-0.39, 0.29) is 18.1 Å². The summed E-state index contributed by atoms with van der Waals surface area (Å²) in [5.74, 6) is -0.0255. The number of ether oxygens (including phenoxy) is 1. The summed E-state index contributed by atoms with van der Waals surface area (Å²) in [6.45, 7) is 2.36. The van der Waals surface area contributed by atoms with Crippen molar-refractivity contribution in [1.29, 1.82) is 0 Å². The molecule has 0 bridgehead atoms. The first-order valence-electron chi connectivity index (χ1n) is 8.24. The first kappa shape index (κ1) is 15.7. The fourth-order valence-corrected chi connectivity index (χ4v) is 4.15. The molecule has 2 aromatic heterocycles. The quantitative estimate of drug-likeness (QED) is 0.892. The van der Waals surface area contributed by atoms with E-state index in [9.17, 15) is 4.79 Å². The van der Waals surface area contributed by atoms with Gasteiger partial charge in [-0.05, 0) is 18.1 Å². The van der Waals surface area contributed by atoms with E-state index in [2.05, 4.69) is 20.2 Å². The summed E-state index contributed by atoms with van der Waals surface area (Å²) in [6.07, 6.45) is 6.89. The summed E-state index contributed by atoms with van der Waals surface area (Å²) in [7, 11) is 0. The molecule has 1 amide bonds. The number of likely N-dealkylation sites (tertiary alicyclic amines) is 1. The van der Waals surface area contributed by atoms with Crippen molar-refractivity contribution in [3.8, 4) is 0 Å².